The zero-order valence-corrected chi connectivity index (χ0v) is 17.8. The SMILES string of the molecule is Cc1c(OCCCCOc2ccc3ccccc3c2)ccc(CC(C)CC=O)c1O. The Balaban J connectivity index is 1.42. The van der Waals surface area contributed by atoms with E-state index in [4.69, 9.17) is 9.47 Å². The zero-order valence-electron chi connectivity index (χ0n) is 17.8. The van der Waals surface area contributed by atoms with Crippen molar-refractivity contribution in [3.05, 3.63) is 65.7 Å². The molecule has 0 aliphatic heterocycles. The number of carbonyl (C=O) groups excluding carboxylic acids is 1. The van der Waals surface area contributed by atoms with Crippen LogP contribution in [0.3, 0.4) is 0 Å². The fourth-order valence-electron chi connectivity index (χ4n) is 3.52. The minimum atomic E-state index is 0.210. The molecule has 3 rings (SSSR count). The first kappa shape index (κ1) is 21.7. The van der Waals surface area contributed by atoms with Crippen molar-refractivity contribution in [1.82, 2.24) is 0 Å². The van der Waals surface area contributed by atoms with E-state index in [-0.39, 0.29) is 11.7 Å². The second kappa shape index (κ2) is 10.7. The molecule has 0 aliphatic rings. The summed E-state index contributed by atoms with van der Waals surface area (Å²) in [7, 11) is 0. The molecule has 3 aromatic rings. The van der Waals surface area contributed by atoms with Crippen molar-refractivity contribution in [3.8, 4) is 17.2 Å². The van der Waals surface area contributed by atoms with Crippen LogP contribution < -0.4 is 9.47 Å². The minimum Gasteiger partial charge on any atom is -0.507 e. The predicted molar refractivity (Wildman–Crippen MR) is 121 cm³/mol. The van der Waals surface area contributed by atoms with Crippen LogP contribution in [0.15, 0.2) is 54.6 Å². The third-order valence-electron chi connectivity index (χ3n) is 5.32. The Morgan fingerprint density at radius 1 is 0.967 bits per heavy atom. The van der Waals surface area contributed by atoms with Gasteiger partial charge in [0.2, 0.25) is 0 Å². The van der Waals surface area contributed by atoms with E-state index in [1.807, 2.05) is 44.2 Å². The maximum absolute atomic E-state index is 10.6. The number of rotatable bonds is 11. The van der Waals surface area contributed by atoms with Crippen molar-refractivity contribution < 1.29 is 19.4 Å². The van der Waals surface area contributed by atoms with Crippen LogP contribution in [0.1, 0.15) is 37.3 Å². The zero-order chi connectivity index (χ0) is 21.3. The van der Waals surface area contributed by atoms with Gasteiger partial charge in [-0.1, -0.05) is 43.3 Å². The van der Waals surface area contributed by atoms with Crippen molar-refractivity contribution in [1.29, 1.82) is 0 Å². The number of phenolic OH excluding ortho intramolecular Hbond substituents is 1. The number of unbranched alkanes of at least 4 members (excludes halogenated alkanes) is 1. The molecule has 158 valence electrons. The Morgan fingerprint density at radius 3 is 2.47 bits per heavy atom. The van der Waals surface area contributed by atoms with Crippen LogP contribution in [-0.2, 0) is 11.2 Å². The second-order valence-corrected chi connectivity index (χ2v) is 7.82. The average Bonchev–Trinajstić information content (AvgIpc) is 2.75. The number of phenols is 1. The first-order chi connectivity index (χ1) is 14.6. The lowest BCUT2D eigenvalue weighted by Crippen LogP contribution is -2.05. The normalized spacial score (nSPS) is 11.9. The van der Waals surface area contributed by atoms with Gasteiger partial charge in [0.25, 0.3) is 0 Å². The Hall–Kier alpha value is -3.01. The number of aromatic hydroxyl groups is 1. The third kappa shape index (κ3) is 5.76. The summed E-state index contributed by atoms with van der Waals surface area (Å²) in [5.41, 5.74) is 1.61. The van der Waals surface area contributed by atoms with Gasteiger partial charge in [-0.25, -0.2) is 0 Å². The minimum absolute atomic E-state index is 0.210. The highest BCUT2D eigenvalue weighted by Gasteiger charge is 2.12. The van der Waals surface area contributed by atoms with E-state index in [2.05, 4.69) is 24.3 Å². The molecule has 0 bridgehead atoms. The second-order valence-electron chi connectivity index (χ2n) is 7.82. The lowest BCUT2D eigenvalue weighted by molar-refractivity contribution is -0.108. The van der Waals surface area contributed by atoms with E-state index in [1.54, 1.807) is 0 Å². The van der Waals surface area contributed by atoms with Crippen LogP contribution in [0.25, 0.3) is 10.8 Å². The highest BCUT2D eigenvalue weighted by atomic mass is 16.5. The number of aldehydes is 1. The molecule has 0 saturated heterocycles. The standard InChI is InChI=1S/C26H30O4/c1-19(13-14-27)17-23-10-12-25(20(2)26(23)28)30-16-6-5-15-29-24-11-9-21-7-3-4-8-22(21)18-24/h3-4,7-12,14,18-19,28H,5-6,13,15-17H2,1-2H3. The van der Waals surface area contributed by atoms with Gasteiger partial charge in [0.15, 0.2) is 0 Å². The average molecular weight is 407 g/mol. The summed E-state index contributed by atoms with van der Waals surface area (Å²) < 4.78 is 11.7. The molecule has 1 atom stereocenters. The molecule has 0 aromatic heterocycles. The van der Waals surface area contributed by atoms with Crippen LogP contribution >= 0.6 is 0 Å². The summed E-state index contributed by atoms with van der Waals surface area (Å²) >= 11 is 0. The Kier molecular flexibility index (Phi) is 7.72. The van der Waals surface area contributed by atoms with E-state index in [0.717, 1.165) is 36.0 Å². The number of ether oxygens (including phenoxy) is 2. The van der Waals surface area contributed by atoms with Gasteiger partial charge >= 0.3 is 0 Å². The molecule has 30 heavy (non-hydrogen) atoms. The van der Waals surface area contributed by atoms with Crippen molar-refractivity contribution in [2.75, 3.05) is 13.2 Å². The molecule has 1 N–H and O–H groups in total. The smallest absolute Gasteiger partial charge is 0.125 e. The maximum atomic E-state index is 10.6. The monoisotopic (exact) mass is 406 g/mol. The van der Waals surface area contributed by atoms with Crippen LogP contribution in [0.2, 0.25) is 0 Å². The first-order valence-electron chi connectivity index (χ1n) is 10.6. The van der Waals surface area contributed by atoms with E-state index < -0.39 is 0 Å². The highest BCUT2D eigenvalue weighted by molar-refractivity contribution is 5.83. The van der Waals surface area contributed by atoms with Crippen molar-refractivity contribution >= 4 is 17.1 Å². The topological polar surface area (TPSA) is 55.8 Å². The van der Waals surface area contributed by atoms with Crippen molar-refractivity contribution in [2.45, 2.75) is 39.5 Å². The fourth-order valence-corrected chi connectivity index (χ4v) is 3.52. The molecular weight excluding hydrogens is 376 g/mol. The molecule has 4 nitrogen and oxygen atoms in total. The number of carbonyl (C=O) groups is 1. The van der Waals surface area contributed by atoms with Crippen LogP contribution in [-0.4, -0.2) is 24.6 Å². The highest BCUT2D eigenvalue weighted by Crippen LogP contribution is 2.32. The van der Waals surface area contributed by atoms with Gasteiger partial charge in [0, 0.05) is 12.0 Å². The summed E-state index contributed by atoms with van der Waals surface area (Å²) in [4.78, 5) is 10.6. The van der Waals surface area contributed by atoms with Crippen LogP contribution in [0, 0.1) is 12.8 Å². The molecule has 0 fully saturated rings. The van der Waals surface area contributed by atoms with Crippen LogP contribution in [0.5, 0.6) is 17.2 Å². The van der Waals surface area contributed by atoms with Crippen LogP contribution in [0.4, 0.5) is 0 Å². The van der Waals surface area contributed by atoms with Gasteiger partial charge < -0.3 is 19.4 Å². The molecule has 1 unspecified atom stereocenters. The summed E-state index contributed by atoms with van der Waals surface area (Å²) in [6.07, 6.45) is 3.86. The molecule has 0 amide bonds. The molecule has 0 aliphatic carbocycles. The molecule has 3 aromatic carbocycles. The summed E-state index contributed by atoms with van der Waals surface area (Å²) in [5.74, 6) is 2.07. The van der Waals surface area contributed by atoms with Gasteiger partial charge in [-0.05, 0) is 66.6 Å². The Labute approximate surface area is 178 Å². The lowest BCUT2D eigenvalue weighted by atomic mass is 9.96. The van der Waals surface area contributed by atoms with Crippen molar-refractivity contribution in [2.24, 2.45) is 5.92 Å². The van der Waals surface area contributed by atoms with Gasteiger partial charge in [0.1, 0.15) is 23.5 Å². The Bertz CT molecular complexity index is 980. The predicted octanol–water partition coefficient (Wildman–Crippen LogP) is 5.86. The third-order valence-corrected chi connectivity index (χ3v) is 5.32. The van der Waals surface area contributed by atoms with Gasteiger partial charge in [-0.3, -0.25) is 0 Å². The van der Waals surface area contributed by atoms with E-state index >= 15 is 0 Å². The summed E-state index contributed by atoms with van der Waals surface area (Å²) in [5, 5.41) is 12.8. The lowest BCUT2D eigenvalue weighted by Gasteiger charge is -2.15. The number of hydrogen-bond donors (Lipinski definition) is 1. The number of fused-ring (bicyclic) bond motifs is 1. The molecule has 0 saturated carbocycles. The quantitative estimate of drug-likeness (QED) is 0.320. The molecule has 0 spiro atoms. The maximum Gasteiger partial charge on any atom is 0.125 e. The van der Waals surface area contributed by atoms with Gasteiger partial charge in [-0.15, -0.1) is 0 Å². The Morgan fingerprint density at radius 2 is 1.70 bits per heavy atom. The van der Waals surface area contributed by atoms with Gasteiger partial charge in [0.05, 0.1) is 13.2 Å². The number of benzene rings is 3. The summed E-state index contributed by atoms with van der Waals surface area (Å²) in [6, 6.07) is 18.2. The molecule has 4 heteroatoms. The summed E-state index contributed by atoms with van der Waals surface area (Å²) in [6.45, 7) is 5.08. The molecule has 0 radical (unpaired) electrons. The largest absolute Gasteiger partial charge is 0.507 e. The molecular formula is C26H30O4. The van der Waals surface area contributed by atoms with Gasteiger partial charge in [-0.2, -0.15) is 0 Å². The molecule has 0 heterocycles. The number of hydrogen-bond acceptors (Lipinski definition) is 4. The van der Waals surface area contributed by atoms with E-state index in [1.165, 1.54) is 10.8 Å². The van der Waals surface area contributed by atoms with E-state index in [0.29, 0.717) is 31.8 Å². The van der Waals surface area contributed by atoms with Crippen molar-refractivity contribution in [3.63, 3.8) is 0 Å². The first-order valence-corrected chi connectivity index (χ1v) is 10.6. The van der Waals surface area contributed by atoms with E-state index in [9.17, 15) is 9.90 Å². The fraction of sp³-hybridized carbons (Fsp3) is 0.346.